The van der Waals surface area contributed by atoms with Gasteiger partial charge in [-0.05, 0) is 42.8 Å². The molecular formula is C23H23Cl2N3O3. The quantitative estimate of drug-likeness (QED) is 0.528. The minimum atomic E-state index is -0.135. The van der Waals surface area contributed by atoms with Gasteiger partial charge in [0.1, 0.15) is 18.1 Å². The van der Waals surface area contributed by atoms with Gasteiger partial charge in [-0.25, -0.2) is 0 Å². The van der Waals surface area contributed by atoms with Crippen LogP contribution < -0.4 is 4.74 Å². The number of hydrogen-bond donors (Lipinski definition) is 0. The first-order chi connectivity index (χ1) is 15.0. The predicted octanol–water partition coefficient (Wildman–Crippen LogP) is 4.83. The molecule has 0 unspecified atom stereocenters. The van der Waals surface area contributed by atoms with E-state index in [2.05, 4.69) is 16.1 Å². The summed E-state index contributed by atoms with van der Waals surface area (Å²) in [5.74, 6) is 1.06. The molecule has 0 aliphatic carbocycles. The van der Waals surface area contributed by atoms with E-state index in [1.807, 2.05) is 35.2 Å². The number of carbonyl (C=O) groups excluding carboxylic acids is 1. The Hall–Kier alpha value is -2.54. The monoisotopic (exact) mass is 459 g/mol. The van der Waals surface area contributed by atoms with Crippen LogP contribution in [0.3, 0.4) is 0 Å². The number of nitrogens with zero attached hydrogens (tertiary/aromatic N) is 3. The van der Waals surface area contributed by atoms with Crippen LogP contribution in [0.25, 0.3) is 0 Å². The van der Waals surface area contributed by atoms with E-state index in [0.29, 0.717) is 40.9 Å². The molecule has 1 saturated heterocycles. The normalized spacial score (nSPS) is 14.6. The average Bonchev–Trinajstić information content (AvgIpc) is 3.13. The van der Waals surface area contributed by atoms with Crippen molar-refractivity contribution >= 4 is 29.1 Å². The van der Waals surface area contributed by atoms with Crippen LogP contribution in [0, 0.1) is 6.92 Å². The molecule has 0 atom stereocenters. The highest BCUT2D eigenvalue weighted by molar-refractivity contribution is 6.30. The highest BCUT2D eigenvalue weighted by Gasteiger charge is 2.28. The molecular weight excluding hydrogens is 437 g/mol. The van der Waals surface area contributed by atoms with E-state index in [-0.39, 0.29) is 12.5 Å². The van der Waals surface area contributed by atoms with Crippen molar-refractivity contribution in [2.75, 3.05) is 26.2 Å². The van der Waals surface area contributed by atoms with Crippen LogP contribution in [-0.4, -0.2) is 47.0 Å². The average molecular weight is 460 g/mol. The molecule has 8 heteroatoms. The molecule has 0 spiro atoms. The molecule has 31 heavy (non-hydrogen) atoms. The summed E-state index contributed by atoms with van der Waals surface area (Å²) in [6.07, 6.45) is 0. The zero-order chi connectivity index (χ0) is 21.8. The summed E-state index contributed by atoms with van der Waals surface area (Å²) in [5.41, 5.74) is 2.13. The number of hydrogen-bond acceptors (Lipinski definition) is 5. The Morgan fingerprint density at radius 2 is 1.77 bits per heavy atom. The summed E-state index contributed by atoms with van der Waals surface area (Å²) in [6, 6.07) is 15.0. The molecule has 1 amide bonds. The number of aromatic nitrogens is 1. The zero-order valence-electron chi connectivity index (χ0n) is 17.2. The van der Waals surface area contributed by atoms with Crippen molar-refractivity contribution in [3.05, 3.63) is 81.2 Å². The van der Waals surface area contributed by atoms with E-state index in [0.717, 1.165) is 24.7 Å². The number of ether oxygens (including phenoxy) is 1. The van der Waals surface area contributed by atoms with Gasteiger partial charge in [0.05, 0.1) is 5.56 Å². The Labute approximate surface area is 191 Å². The Bertz CT molecular complexity index is 1060. The van der Waals surface area contributed by atoms with Gasteiger partial charge < -0.3 is 14.2 Å². The van der Waals surface area contributed by atoms with E-state index in [4.69, 9.17) is 32.5 Å². The number of piperazine rings is 1. The van der Waals surface area contributed by atoms with Gasteiger partial charge in [-0.3, -0.25) is 9.69 Å². The third kappa shape index (κ3) is 5.39. The first-order valence-corrected chi connectivity index (χ1v) is 10.8. The fourth-order valence-electron chi connectivity index (χ4n) is 3.59. The van der Waals surface area contributed by atoms with Gasteiger partial charge in [0.2, 0.25) is 0 Å². The van der Waals surface area contributed by atoms with Crippen molar-refractivity contribution < 1.29 is 14.1 Å². The van der Waals surface area contributed by atoms with Crippen LogP contribution in [0.15, 0.2) is 53.1 Å². The van der Waals surface area contributed by atoms with Crippen LogP contribution in [0.4, 0.5) is 0 Å². The highest BCUT2D eigenvalue weighted by atomic mass is 35.5. The SMILES string of the molecule is Cc1onc(C(=O)N2CCN(Cc3cccc(Cl)c3)CC2)c1COc1cccc(Cl)c1. The molecule has 162 valence electrons. The maximum atomic E-state index is 13.1. The van der Waals surface area contributed by atoms with Gasteiger partial charge >= 0.3 is 0 Å². The van der Waals surface area contributed by atoms with Crippen molar-refractivity contribution in [3.63, 3.8) is 0 Å². The second-order valence-corrected chi connectivity index (χ2v) is 8.38. The zero-order valence-corrected chi connectivity index (χ0v) is 18.7. The third-order valence-electron chi connectivity index (χ3n) is 5.32. The molecule has 1 fully saturated rings. The van der Waals surface area contributed by atoms with Crippen LogP contribution in [0.1, 0.15) is 27.4 Å². The van der Waals surface area contributed by atoms with Gasteiger partial charge in [0, 0.05) is 42.8 Å². The highest BCUT2D eigenvalue weighted by Crippen LogP contribution is 2.22. The fraction of sp³-hybridized carbons (Fsp3) is 0.304. The molecule has 1 aromatic heterocycles. The Kier molecular flexibility index (Phi) is 6.80. The maximum Gasteiger partial charge on any atom is 0.276 e. The first-order valence-electron chi connectivity index (χ1n) is 10.1. The van der Waals surface area contributed by atoms with Gasteiger partial charge in [0.25, 0.3) is 5.91 Å². The van der Waals surface area contributed by atoms with Crippen LogP contribution >= 0.6 is 23.2 Å². The molecule has 2 aromatic carbocycles. The maximum absolute atomic E-state index is 13.1. The number of aryl methyl sites for hydroxylation is 1. The number of benzene rings is 2. The molecule has 4 rings (SSSR count). The van der Waals surface area contributed by atoms with Gasteiger partial charge in [0.15, 0.2) is 5.69 Å². The van der Waals surface area contributed by atoms with E-state index < -0.39 is 0 Å². The lowest BCUT2D eigenvalue weighted by molar-refractivity contribution is 0.0616. The molecule has 1 aliphatic heterocycles. The topological polar surface area (TPSA) is 58.8 Å². The second kappa shape index (κ2) is 9.73. The van der Waals surface area contributed by atoms with E-state index in [9.17, 15) is 4.79 Å². The minimum Gasteiger partial charge on any atom is -0.489 e. The summed E-state index contributed by atoms with van der Waals surface area (Å²) in [5, 5.41) is 5.34. The van der Waals surface area contributed by atoms with E-state index in [1.165, 1.54) is 5.56 Å². The molecule has 0 N–H and O–H groups in total. The van der Waals surface area contributed by atoms with Crippen molar-refractivity contribution in [2.24, 2.45) is 0 Å². The predicted molar refractivity (Wildman–Crippen MR) is 120 cm³/mol. The molecule has 3 aromatic rings. The first kappa shape index (κ1) is 21.7. The molecule has 1 aliphatic rings. The lowest BCUT2D eigenvalue weighted by Crippen LogP contribution is -2.48. The smallest absolute Gasteiger partial charge is 0.276 e. The van der Waals surface area contributed by atoms with Gasteiger partial charge in [-0.15, -0.1) is 0 Å². The molecule has 0 bridgehead atoms. The van der Waals surface area contributed by atoms with Gasteiger partial charge in [-0.2, -0.15) is 0 Å². The summed E-state index contributed by atoms with van der Waals surface area (Å²) in [7, 11) is 0. The number of halogens is 2. The van der Waals surface area contributed by atoms with Crippen molar-refractivity contribution in [3.8, 4) is 5.75 Å². The lowest BCUT2D eigenvalue weighted by atomic mass is 10.1. The molecule has 0 saturated carbocycles. The minimum absolute atomic E-state index is 0.135. The largest absolute Gasteiger partial charge is 0.489 e. The molecule has 0 radical (unpaired) electrons. The van der Waals surface area contributed by atoms with Crippen molar-refractivity contribution in [2.45, 2.75) is 20.1 Å². The Balaban J connectivity index is 1.37. The summed E-state index contributed by atoms with van der Waals surface area (Å²) in [4.78, 5) is 17.2. The van der Waals surface area contributed by atoms with Crippen molar-refractivity contribution in [1.82, 2.24) is 15.0 Å². The fourth-order valence-corrected chi connectivity index (χ4v) is 3.99. The van der Waals surface area contributed by atoms with Crippen LogP contribution in [0.5, 0.6) is 5.75 Å². The summed E-state index contributed by atoms with van der Waals surface area (Å²) in [6.45, 7) is 5.59. The summed E-state index contributed by atoms with van der Waals surface area (Å²) < 4.78 is 11.1. The Morgan fingerprint density at radius 1 is 1.06 bits per heavy atom. The number of carbonyl (C=O) groups is 1. The third-order valence-corrected chi connectivity index (χ3v) is 5.79. The molecule has 6 nitrogen and oxygen atoms in total. The van der Waals surface area contributed by atoms with E-state index >= 15 is 0 Å². The Morgan fingerprint density at radius 3 is 2.48 bits per heavy atom. The van der Waals surface area contributed by atoms with Crippen LogP contribution in [0.2, 0.25) is 10.0 Å². The lowest BCUT2D eigenvalue weighted by Gasteiger charge is -2.34. The van der Waals surface area contributed by atoms with E-state index in [1.54, 1.807) is 19.1 Å². The number of rotatable bonds is 6. The number of amides is 1. The standard InChI is InChI=1S/C23H23Cl2N3O3/c1-16-21(15-30-20-7-3-6-19(25)13-20)22(26-31-16)23(29)28-10-8-27(9-11-28)14-17-4-2-5-18(24)12-17/h2-7,12-13H,8-11,14-15H2,1H3. The summed E-state index contributed by atoms with van der Waals surface area (Å²) >= 11 is 12.1. The van der Waals surface area contributed by atoms with Crippen LogP contribution in [-0.2, 0) is 13.2 Å². The molecule has 2 heterocycles. The van der Waals surface area contributed by atoms with Gasteiger partial charge in [-0.1, -0.05) is 46.6 Å². The second-order valence-electron chi connectivity index (χ2n) is 7.51. The van der Waals surface area contributed by atoms with Crippen molar-refractivity contribution in [1.29, 1.82) is 0 Å².